The van der Waals surface area contributed by atoms with E-state index in [0.717, 1.165) is 5.69 Å². The number of aromatic hydroxyl groups is 1. The first-order valence-corrected chi connectivity index (χ1v) is 12.5. The summed E-state index contributed by atoms with van der Waals surface area (Å²) in [6.45, 7) is 0.0212. The molecule has 0 bridgehead atoms. The number of anilines is 1. The van der Waals surface area contributed by atoms with Gasteiger partial charge in [-0.05, 0) is 55.7 Å². The van der Waals surface area contributed by atoms with Crippen LogP contribution in [0.15, 0.2) is 6.07 Å². The van der Waals surface area contributed by atoms with Gasteiger partial charge in [-0.25, -0.2) is 0 Å². The number of carboxylic acid groups (broad SMARTS) is 1. The van der Waals surface area contributed by atoms with E-state index in [1.807, 2.05) is 25.1 Å². The van der Waals surface area contributed by atoms with Crippen LogP contribution in [-0.2, 0) is 27.3 Å². The summed E-state index contributed by atoms with van der Waals surface area (Å²) in [6.07, 6.45) is 1.17. The van der Waals surface area contributed by atoms with Crippen molar-refractivity contribution in [3.63, 3.8) is 0 Å². The average Bonchev–Trinajstić information content (AvgIpc) is 2.79. The van der Waals surface area contributed by atoms with Crippen molar-refractivity contribution in [3.05, 3.63) is 22.8 Å². The number of aliphatic hydroxyl groups excluding tert-OH is 2. The van der Waals surface area contributed by atoms with Crippen molar-refractivity contribution in [2.45, 2.75) is 51.5 Å². The Bertz CT molecular complexity index is 995. The molecule has 3 unspecified atom stereocenters. The van der Waals surface area contributed by atoms with Crippen LogP contribution < -0.4 is 16.0 Å². The number of carbonyl (C=O) groups is 4. The zero-order valence-electron chi connectivity index (χ0n) is 21.5. The van der Waals surface area contributed by atoms with Crippen LogP contribution in [0.5, 0.6) is 5.75 Å². The molecule has 0 saturated carbocycles. The Labute approximate surface area is 216 Å². The van der Waals surface area contributed by atoms with E-state index in [1.54, 1.807) is 0 Å². The van der Waals surface area contributed by atoms with Gasteiger partial charge < -0.3 is 36.4 Å². The maximum atomic E-state index is 13.3. The minimum absolute atomic E-state index is 0.0362. The molecule has 1 aliphatic rings. The molecular formula is C26H39N3O8. The van der Waals surface area contributed by atoms with Gasteiger partial charge in [0.05, 0.1) is 18.6 Å². The maximum absolute atomic E-state index is 13.3. The van der Waals surface area contributed by atoms with Crippen molar-refractivity contribution in [2.24, 2.45) is 23.5 Å². The Morgan fingerprint density at radius 1 is 1.22 bits per heavy atom. The first kappa shape index (κ1) is 30.2. The van der Waals surface area contributed by atoms with E-state index in [-0.39, 0.29) is 55.4 Å². The van der Waals surface area contributed by atoms with E-state index >= 15 is 0 Å². The molecule has 0 saturated heterocycles. The van der Waals surface area contributed by atoms with Crippen LogP contribution >= 0.6 is 0 Å². The highest BCUT2D eigenvalue weighted by atomic mass is 16.4. The average molecular weight is 522 g/mol. The Balaban J connectivity index is 2.28. The van der Waals surface area contributed by atoms with Gasteiger partial charge in [-0.15, -0.1) is 0 Å². The molecule has 0 aromatic heterocycles. The number of primary amides is 1. The maximum Gasteiger partial charge on any atom is 0.303 e. The fourth-order valence-electron chi connectivity index (χ4n) is 5.17. The summed E-state index contributed by atoms with van der Waals surface area (Å²) < 4.78 is 0. The van der Waals surface area contributed by atoms with Crippen LogP contribution in [0.3, 0.4) is 0 Å². The number of rotatable bonds is 16. The Morgan fingerprint density at radius 3 is 2.49 bits per heavy atom. The van der Waals surface area contributed by atoms with Crippen LogP contribution in [0.1, 0.15) is 60.0 Å². The molecule has 3 atom stereocenters. The van der Waals surface area contributed by atoms with Crippen molar-refractivity contribution < 1.29 is 39.6 Å². The molecule has 37 heavy (non-hydrogen) atoms. The molecule has 206 valence electrons. The van der Waals surface area contributed by atoms with Gasteiger partial charge in [-0.1, -0.05) is 0 Å². The van der Waals surface area contributed by atoms with E-state index in [4.69, 9.17) is 10.8 Å². The SMILES string of the molecule is CN(C)c1cc(CNCCCC(=O)O)c(O)c2c1CC(CC(CCO)C(CO)C(=O)CC(N)=O)CC2=O. The number of phenolic OH excluding ortho intramolecular Hbond substituents is 1. The molecule has 0 fully saturated rings. The third-order valence-corrected chi connectivity index (χ3v) is 6.91. The van der Waals surface area contributed by atoms with Crippen molar-refractivity contribution in [2.75, 3.05) is 38.8 Å². The Hall–Kier alpha value is -3.02. The molecule has 7 N–H and O–H groups in total. The summed E-state index contributed by atoms with van der Waals surface area (Å²) >= 11 is 0. The molecule has 11 nitrogen and oxygen atoms in total. The molecule has 1 aromatic carbocycles. The molecular weight excluding hydrogens is 482 g/mol. The lowest BCUT2D eigenvalue weighted by atomic mass is 9.73. The lowest BCUT2D eigenvalue weighted by Gasteiger charge is -2.33. The number of nitrogens with zero attached hydrogens (tertiary/aromatic N) is 1. The van der Waals surface area contributed by atoms with Gasteiger partial charge in [0.15, 0.2) is 5.78 Å². The normalized spacial score (nSPS) is 16.6. The minimum Gasteiger partial charge on any atom is -0.507 e. The van der Waals surface area contributed by atoms with E-state index in [9.17, 15) is 34.5 Å². The number of benzene rings is 1. The molecule has 1 aromatic rings. The standard InChI is InChI=1S/C26H39N3O8/c1-29(2)20-11-17(13-28-6-3-4-24(35)36)26(37)25-18(20)9-15(10-22(25)33)8-16(5-7-30)19(14-31)21(32)12-23(27)34/h11,15-16,19,28,30-31,37H,3-10,12-14H2,1-2H3,(H2,27,34)(H,35,36). The third kappa shape index (κ3) is 8.24. The topological polar surface area (TPSA) is 190 Å². The third-order valence-electron chi connectivity index (χ3n) is 6.91. The van der Waals surface area contributed by atoms with E-state index < -0.39 is 42.5 Å². The highest BCUT2D eigenvalue weighted by Crippen LogP contribution is 2.42. The second kappa shape index (κ2) is 14.1. The van der Waals surface area contributed by atoms with Crippen LogP contribution in [-0.4, -0.2) is 77.7 Å². The minimum atomic E-state index is -0.878. The first-order chi connectivity index (χ1) is 17.5. The van der Waals surface area contributed by atoms with Gasteiger partial charge in [-0.3, -0.25) is 19.2 Å². The molecule has 11 heteroatoms. The molecule has 1 aliphatic carbocycles. The predicted octanol–water partition coefficient (Wildman–Crippen LogP) is 0.599. The lowest BCUT2D eigenvalue weighted by molar-refractivity contribution is -0.137. The van der Waals surface area contributed by atoms with Gasteiger partial charge >= 0.3 is 5.97 Å². The van der Waals surface area contributed by atoms with Crippen molar-refractivity contribution in [3.8, 4) is 5.75 Å². The number of phenols is 1. The molecule has 2 rings (SSSR count). The van der Waals surface area contributed by atoms with Gasteiger partial charge in [0.2, 0.25) is 5.91 Å². The van der Waals surface area contributed by atoms with Gasteiger partial charge in [-0.2, -0.15) is 0 Å². The molecule has 0 heterocycles. The fourth-order valence-corrected chi connectivity index (χ4v) is 5.17. The van der Waals surface area contributed by atoms with Crippen LogP contribution in [0.2, 0.25) is 0 Å². The summed E-state index contributed by atoms with van der Waals surface area (Å²) in [5.41, 5.74) is 7.44. The number of aliphatic carboxylic acids is 1. The van der Waals surface area contributed by atoms with Crippen LogP contribution in [0.4, 0.5) is 5.69 Å². The largest absolute Gasteiger partial charge is 0.507 e. The highest BCUT2D eigenvalue weighted by molar-refractivity contribution is 6.03. The van der Waals surface area contributed by atoms with E-state index in [2.05, 4.69) is 5.32 Å². The zero-order chi connectivity index (χ0) is 27.7. The second-order valence-corrected chi connectivity index (χ2v) is 9.93. The Morgan fingerprint density at radius 2 is 1.92 bits per heavy atom. The number of hydrogen-bond donors (Lipinski definition) is 6. The number of aliphatic hydroxyl groups is 2. The predicted molar refractivity (Wildman–Crippen MR) is 136 cm³/mol. The number of carbonyl (C=O) groups excluding carboxylic acids is 3. The van der Waals surface area contributed by atoms with Gasteiger partial charge in [0.1, 0.15) is 11.5 Å². The first-order valence-electron chi connectivity index (χ1n) is 12.5. The van der Waals surface area contributed by atoms with Crippen LogP contribution in [0.25, 0.3) is 0 Å². The van der Waals surface area contributed by atoms with Crippen molar-refractivity contribution >= 4 is 29.1 Å². The number of amides is 1. The van der Waals surface area contributed by atoms with Crippen LogP contribution in [0, 0.1) is 17.8 Å². The van der Waals surface area contributed by atoms with Crippen molar-refractivity contribution in [1.29, 1.82) is 0 Å². The fraction of sp³-hybridized carbons (Fsp3) is 0.615. The molecule has 0 spiro atoms. The monoisotopic (exact) mass is 521 g/mol. The number of fused-ring (bicyclic) bond motifs is 1. The van der Waals surface area contributed by atoms with Gasteiger partial charge in [0.25, 0.3) is 0 Å². The second-order valence-electron chi connectivity index (χ2n) is 9.93. The van der Waals surface area contributed by atoms with Crippen molar-refractivity contribution in [1.82, 2.24) is 5.32 Å². The van der Waals surface area contributed by atoms with Gasteiger partial charge in [0, 0.05) is 57.3 Å². The zero-order valence-corrected chi connectivity index (χ0v) is 21.5. The molecule has 1 amide bonds. The number of nitrogens with one attached hydrogen (secondary N) is 1. The highest BCUT2D eigenvalue weighted by Gasteiger charge is 2.36. The lowest BCUT2D eigenvalue weighted by Crippen LogP contribution is -2.34. The Kier molecular flexibility index (Phi) is 11.5. The molecule has 0 aliphatic heterocycles. The summed E-state index contributed by atoms with van der Waals surface area (Å²) in [7, 11) is 3.67. The number of ketones is 2. The molecule has 0 radical (unpaired) electrons. The summed E-state index contributed by atoms with van der Waals surface area (Å²) in [6, 6.07) is 1.81. The number of hydrogen-bond acceptors (Lipinski definition) is 9. The van der Waals surface area contributed by atoms with E-state index in [0.29, 0.717) is 36.9 Å². The summed E-state index contributed by atoms with van der Waals surface area (Å²) in [5, 5.41) is 42.3. The van der Waals surface area contributed by atoms with E-state index in [1.165, 1.54) is 0 Å². The number of Topliss-reactive ketones (excluding diaryl/α,β-unsaturated/α-hetero) is 2. The quantitative estimate of drug-likeness (QED) is 0.133. The number of nitrogens with two attached hydrogens (primary N) is 1. The smallest absolute Gasteiger partial charge is 0.303 e. The number of carboxylic acids is 1. The summed E-state index contributed by atoms with van der Waals surface area (Å²) in [4.78, 5) is 49.6. The summed E-state index contributed by atoms with van der Waals surface area (Å²) in [5.74, 6) is -3.96.